The van der Waals surface area contributed by atoms with E-state index in [2.05, 4.69) is 37.5 Å². The fraction of sp³-hybridized carbons (Fsp3) is 0.350. The zero-order chi connectivity index (χ0) is 19.0. The van der Waals surface area contributed by atoms with Crippen LogP contribution in [-0.2, 0) is 5.72 Å². The predicted molar refractivity (Wildman–Crippen MR) is 112 cm³/mol. The van der Waals surface area contributed by atoms with Crippen molar-refractivity contribution in [3.8, 4) is 11.5 Å². The van der Waals surface area contributed by atoms with Gasteiger partial charge in [0.25, 0.3) is 5.72 Å². The minimum Gasteiger partial charge on any atom is -0.497 e. The molecule has 0 amide bonds. The van der Waals surface area contributed by atoms with Gasteiger partial charge in [-0.05, 0) is 54.6 Å². The molecular formula is C20H22BrN2O3S+. The molecule has 2 aromatic carbocycles. The van der Waals surface area contributed by atoms with Crippen molar-refractivity contribution >= 4 is 38.5 Å². The molecule has 142 valence electrons. The van der Waals surface area contributed by atoms with Crippen molar-refractivity contribution in [2.45, 2.75) is 12.1 Å². The highest BCUT2D eigenvalue weighted by Crippen LogP contribution is 2.41. The number of nitrogens with zero attached hydrogens (tertiary/aromatic N) is 2. The van der Waals surface area contributed by atoms with Gasteiger partial charge in [-0.3, -0.25) is 0 Å². The number of rotatable bonds is 4. The second-order valence-corrected chi connectivity index (χ2v) is 8.56. The van der Waals surface area contributed by atoms with E-state index in [9.17, 15) is 5.11 Å². The van der Waals surface area contributed by atoms with Crippen LogP contribution in [0.15, 0.2) is 46.9 Å². The highest BCUT2D eigenvalue weighted by atomic mass is 79.9. The van der Waals surface area contributed by atoms with Gasteiger partial charge in [-0.2, -0.15) is 0 Å². The minimum absolute atomic E-state index is 0.444. The highest BCUT2D eigenvalue weighted by Gasteiger charge is 2.54. The number of ether oxygens (including phenoxy) is 2. The molecule has 0 fully saturated rings. The van der Waals surface area contributed by atoms with Crippen molar-refractivity contribution in [1.82, 2.24) is 0 Å². The van der Waals surface area contributed by atoms with E-state index < -0.39 is 5.72 Å². The van der Waals surface area contributed by atoms with Crippen LogP contribution in [0.4, 0.5) is 5.69 Å². The summed E-state index contributed by atoms with van der Waals surface area (Å²) in [4.78, 5) is 2.19. The number of amidine groups is 1. The average molecular weight is 450 g/mol. The topological polar surface area (TPSA) is 44.9 Å². The second-order valence-electron chi connectivity index (χ2n) is 6.58. The largest absolute Gasteiger partial charge is 0.497 e. The number of hydrogen-bond donors (Lipinski definition) is 1. The Kier molecular flexibility index (Phi) is 5.09. The van der Waals surface area contributed by atoms with Gasteiger partial charge in [-0.1, -0.05) is 15.9 Å². The zero-order valence-electron chi connectivity index (χ0n) is 15.3. The number of benzene rings is 2. The van der Waals surface area contributed by atoms with Crippen molar-refractivity contribution in [2.75, 3.05) is 38.0 Å². The van der Waals surface area contributed by atoms with Gasteiger partial charge in [-0.25, -0.2) is 9.48 Å². The molecule has 0 unspecified atom stereocenters. The molecule has 0 saturated heterocycles. The Hall–Kier alpha value is -1.70. The Morgan fingerprint density at radius 2 is 1.93 bits per heavy atom. The Balaban J connectivity index is 1.81. The quantitative estimate of drug-likeness (QED) is 0.721. The number of methoxy groups -OCH3 is 2. The van der Waals surface area contributed by atoms with E-state index in [1.807, 2.05) is 30.3 Å². The van der Waals surface area contributed by atoms with Gasteiger partial charge in [0, 0.05) is 16.3 Å². The molecule has 0 saturated carbocycles. The summed E-state index contributed by atoms with van der Waals surface area (Å²) in [6.07, 6.45) is 1.03. The van der Waals surface area contributed by atoms with Crippen LogP contribution in [0.1, 0.15) is 12.0 Å². The lowest BCUT2D eigenvalue weighted by atomic mass is 10.0. The summed E-state index contributed by atoms with van der Waals surface area (Å²) in [5.74, 6) is 2.39. The van der Waals surface area contributed by atoms with Crippen molar-refractivity contribution in [3.05, 3.63) is 52.5 Å². The van der Waals surface area contributed by atoms with Gasteiger partial charge in [-0.15, -0.1) is 0 Å². The van der Waals surface area contributed by atoms with Crippen molar-refractivity contribution in [1.29, 1.82) is 0 Å². The van der Waals surface area contributed by atoms with Crippen LogP contribution in [0.5, 0.6) is 11.5 Å². The predicted octanol–water partition coefficient (Wildman–Crippen LogP) is 3.64. The van der Waals surface area contributed by atoms with E-state index in [1.165, 1.54) is 0 Å². The smallest absolute Gasteiger partial charge is 0.316 e. The lowest BCUT2D eigenvalue weighted by molar-refractivity contribution is -0.656. The molecule has 0 bridgehead atoms. The van der Waals surface area contributed by atoms with Gasteiger partial charge in [0.2, 0.25) is 0 Å². The monoisotopic (exact) mass is 449 g/mol. The molecule has 2 aliphatic heterocycles. The third kappa shape index (κ3) is 3.22. The number of thioether (sulfide) groups is 1. The van der Waals surface area contributed by atoms with Gasteiger partial charge in [0.15, 0.2) is 6.54 Å². The first-order valence-corrected chi connectivity index (χ1v) is 10.6. The Morgan fingerprint density at radius 3 is 2.63 bits per heavy atom. The molecule has 0 aliphatic carbocycles. The first-order chi connectivity index (χ1) is 13.1. The van der Waals surface area contributed by atoms with E-state index in [0.29, 0.717) is 18.0 Å². The third-order valence-electron chi connectivity index (χ3n) is 5.02. The summed E-state index contributed by atoms with van der Waals surface area (Å²) in [5.41, 5.74) is 0.661. The lowest BCUT2D eigenvalue weighted by Gasteiger charge is -2.26. The molecule has 4 rings (SSSR count). The summed E-state index contributed by atoms with van der Waals surface area (Å²) < 4.78 is 14.1. The summed E-state index contributed by atoms with van der Waals surface area (Å²) in [7, 11) is 3.25. The molecule has 2 aliphatic rings. The maximum atomic E-state index is 11.8. The first kappa shape index (κ1) is 18.7. The standard InChI is InChI=1S/C20H22BrN2O3S/c1-25-16-8-9-17(18(12-16)26-2)20(24)13-22(15-6-4-14(21)5-7-15)19-23(20)10-3-11-27-19/h4-9,12,24H,3,10-11,13H2,1-2H3/q+1/t20-/m1/s1. The third-order valence-corrected chi connectivity index (χ3v) is 6.74. The van der Waals surface area contributed by atoms with Crippen LogP contribution in [0.2, 0.25) is 0 Å². The Labute approximate surface area is 171 Å². The lowest BCUT2D eigenvalue weighted by Crippen LogP contribution is -2.41. The summed E-state index contributed by atoms with van der Waals surface area (Å²) >= 11 is 5.29. The second kappa shape index (κ2) is 7.37. The molecule has 1 atom stereocenters. The Bertz CT molecular complexity index is 887. The summed E-state index contributed by atoms with van der Waals surface area (Å²) in [6.45, 7) is 1.25. The molecule has 5 nitrogen and oxygen atoms in total. The van der Waals surface area contributed by atoms with Crippen LogP contribution < -0.4 is 14.4 Å². The SMILES string of the molecule is COc1ccc([C@]2(O)CN(c3ccc(Br)cc3)C3=[N+]2CCCS3)c(OC)c1. The molecule has 27 heavy (non-hydrogen) atoms. The van der Waals surface area contributed by atoms with Gasteiger partial charge in [0.1, 0.15) is 17.2 Å². The number of halogens is 1. The van der Waals surface area contributed by atoms with E-state index >= 15 is 0 Å². The fourth-order valence-electron chi connectivity index (χ4n) is 3.68. The van der Waals surface area contributed by atoms with E-state index in [4.69, 9.17) is 9.47 Å². The molecule has 0 radical (unpaired) electrons. The van der Waals surface area contributed by atoms with Gasteiger partial charge in [0.05, 0.1) is 26.3 Å². The van der Waals surface area contributed by atoms with Crippen molar-refractivity contribution in [2.24, 2.45) is 0 Å². The van der Waals surface area contributed by atoms with E-state index in [1.54, 1.807) is 26.0 Å². The molecule has 1 N–H and O–H groups in total. The normalized spacial score (nSPS) is 22.0. The van der Waals surface area contributed by atoms with Gasteiger partial charge >= 0.3 is 5.17 Å². The molecule has 2 heterocycles. The number of β-amino-alcohol motifs (C(OH)–C–C–N with tert-alkyl or cyclic N) is 1. The van der Waals surface area contributed by atoms with Crippen LogP contribution >= 0.6 is 27.7 Å². The van der Waals surface area contributed by atoms with E-state index in [0.717, 1.165) is 39.6 Å². The molecule has 2 aromatic rings. The molecular weight excluding hydrogens is 428 g/mol. The molecule has 0 spiro atoms. The number of hydrogen-bond acceptors (Lipinski definition) is 5. The van der Waals surface area contributed by atoms with E-state index in [-0.39, 0.29) is 0 Å². The van der Waals surface area contributed by atoms with Crippen LogP contribution in [0, 0.1) is 0 Å². The summed E-state index contributed by atoms with van der Waals surface area (Å²) in [6, 6.07) is 13.8. The average Bonchev–Trinajstić information content (AvgIpc) is 3.02. The zero-order valence-corrected chi connectivity index (χ0v) is 17.7. The maximum Gasteiger partial charge on any atom is 0.316 e. The van der Waals surface area contributed by atoms with Crippen molar-refractivity contribution < 1.29 is 19.2 Å². The van der Waals surface area contributed by atoms with Crippen LogP contribution in [0.25, 0.3) is 0 Å². The molecule has 0 aromatic heterocycles. The Morgan fingerprint density at radius 1 is 1.15 bits per heavy atom. The fourth-order valence-corrected chi connectivity index (χ4v) is 5.13. The summed E-state index contributed by atoms with van der Waals surface area (Å²) in [5, 5.41) is 12.9. The highest BCUT2D eigenvalue weighted by molar-refractivity contribution is 9.10. The number of anilines is 1. The van der Waals surface area contributed by atoms with Crippen LogP contribution in [0.3, 0.4) is 0 Å². The molecule has 7 heteroatoms. The minimum atomic E-state index is -1.16. The number of aliphatic hydroxyl groups is 1. The van der Waals surface area contributed by atoms with Gasteiger partial charge < -0.3 is 14.6 Å². The first-order valence-electron chi connectivity index (χ1n) is 8.82. The van der Waals surface area contributed by atoms with Crippen molar-refractivity contribution in [3.63, 3.8) is 0 Å². The van der Waals surface area contributed by atoms with Crippen LogP contribution in [-0.4, -0.2) is 47.9 Å². The maximum absolute atomic E-state index is 11.8.